The van der Waals surface area contributed by atoms with Crippen molar-refractivity contribution in [3.05, 3.63) is 531 Å². The lowest BCUT2D eigenvalue weighted by Gasteiger charge is -2.32. The third kappa shape index (κ3) is 15.3. The molecule has 0 atom stereocenters. The first kappa shape index (κ1) is 88.0. The standard InChI is InChI=1S/C71H47BFNO.C67H47BFNO/c1-46-21-11-17-35-63(46)72(64-36-19-29-48-28-12-13-30-53(48)64)65-45-61-58-34-20-38-68-70(58)62(44-60(61)55-32-14-15-33-56(55)65)57-40-39-52(43-69(57)75-68)74(67-37-18-16-31-54(67)49-24-7-3-8-25-49)71-59(50-26-9-4-10-27-50)41-51(42-66(71)73)47-22-5-2-6-23-47;1-42-35-43(2)66(44(3)36-42)68(60-31-17-24-46-23-13-14-27-51(46)60)61-41-58-55-30-18-32-63-65(55)59(40-57(58)52-28-15-16-29-53(52)61)54-34-33-50(39-64(54)71-63)70(49-25-11-6-12-26-49)67-56(47-21-9-5-10-22-47)37-48(38-62(67)69)45-19-7-4-8-20-45/h2-45H,1H3;4-41H,1-3H3. The molecule has 25 aromatic carbocycles. The van der Waals surface area contributed by atoms with Crippen LogP contribution < -0.4 is 52.1 Å². The van der Waals surface area contributed by atoms with Gasteiger partial charge < -0.3 is 19.3 Å². The van der Waals surface area contributed by atoms with Crippen LogP contribution in [-0.2, 0) is 0 Å². The van der Waals surface area contributed by atoms with Gasteiger partial charge in [0.25, 0.3) is 0 Å². The number of anilines is 6. The number of hydrogen-bond donors (Lipinski definition) is 0. The van der Waals surface area contributed by atoms with Gasteiger partial charge in [0.05, 0.1) is 28.4 Å². The lowest BCUT2D eigenvalue weighted by atomic mass is 9.34. The topological polar surface area (TPSA) is 24.9 Å². The van der Waals surface area contributed by atoms with Gasteiger partial charge in [0.15, 0.2) is 0 Å². The largest absolute Gasteiger partial charge is 0.456 e. The Morgan fingerprint density at radius 1 is 0.199 bits per heavy atom. The third-order valence-corrected chi connectivity index (χ3v) is 30.1. The van der Waals surface area contributed by atoms with Gasteiger partial charge in [-0.25, -0.2) is 8.78 Å². The summed E-state index contributed by atoms with van der Waals surface area (Å²) in [5, 5.41) is 19.0. The van der Waals surface area contributed by atoms with Crippen LogP contribution in [0.1, 0.15) is 22.3 Å². The molecule has 2 aliphatic rings. The van der Waals surface area contributed by atoms with Gasteiger partial charge in [-0.15, -0.1) is 0 Å². The molecule has 0 saturated heterocycles. The van der Waals surface area contributed by atoms with Crippen molar-refractivity contribution in [2.45, 2.75) is 27.7 Å². The molecule has 8 heteroatoms. The molecule has 0 unspecified atom stereocenters. The molecule has 688 valence electrons. The highest BCUT2D eigenvalue weighted by molar-refractivity contribution is 6.99. The summed E-state index contributed by atoms with van der Waals surface area (Å²) in [5.41, 5.74) is 30.1. The predicted molar refractivity (Wildman–Crippen MR) is 614 cm³/mol. The Balaban J connectivity index is 0.000000149. The molecular formula is C138H94B2F2N2O2. The molecule has 0 spiro atoms. The molecule has 0 radical (unpaired) electrons. The number of fused-ring (bicyclic) bond motifs is 14. The van der Waals surface area contributed by atoms with E-state index >= 15 is 8.78 Å². The number of aryl methyl sites for hydroxylation is 4. The van der Waals surface area contributed by atoms with Crippen LogP contribution >= 0.6 is 0 Å². The van der Waals surface area contributed by atoms with Crippen molar-refractivity contribution in [1.29, 1.82) is 0 Å². The number of rotatable bonds is 17. The highest BCUT2D eigenvalue weighted by atomic mass is 19.1. The lowest BCUT2D eigenvalue weighted by Crippen LogP contribution is -2.54. The predicted octanol–water partition coefficient (Wildman–Crippen LogP) is 34.0. The second-order valence-electron chi connectivity index (χ2n) is 38.7. The molecule has 4 nitrogen and oxygen atoms in total. The van der Waals surface area contributed by atoms with Crippen LogP contribution in [0, 0.1) is 39.3 Å². The molecule has 0 aliphatic carbocycles. The Labute approximate surface area is 848 Å². The van der Waals surface area contributed by atoms with E-state index in [0.29, 0.717) is 22.9 Å². The van der Waals surface area contributed by atoms with E-state index in [0.717, 1.165) is 134 Å². The fourth-order valence-corrected chi connectivity index (χ4v) is 23.7. The summed E-state index contributed by atoms with van der Waals surface area (Å²) in [4.78, 5) is 4.12. The monoisotopic (exact) mass is 1870 g/mol. The number of nitrogens with zero attached hydrogens (tertiary/aromatic N) is 2. The Morgan fingerprint density at radius 3 is 1.05 bits per heavy atom. The van der Waals surface area contributed by atoms with Crippen LogP contribution in [0.3, 0.4) is 0 Å². The minimum Gasteiger partial charge on any atom is -0.456 e. The number of ether oxygens (including phenoxy) is 2. The van der Waals surface area contributed by atoms with Gasteiger partial charge in [0.2, 0.25) is 13.4 Å². The van der Waals surface area contributed by atoms with Gasteiger partial charge in [0.1, 0.15) is 34.6 Å². The van der Waals surface area contributed by atoms with Crippen LogP contribution in [0.5, 0.6) is 23.0 Å². The first-order valence-corrected chi connectivity index (χ1v) is 50.2. The summed E-state index contributed by atoms with van der Waals surface area (Å²) in [7, 11) is 0. The molecule has 0 N–H and O–H groups in total. The normalized spacial score (nSPS) is 11.7. The van der Waals surface area contributed by atoms with E-state index in [9.17, 15) is 0 Å². The van der Waals surface area contributed by atoms with E-state index in [-0.39, 0.29) is 25.1 Å². The zero-order valence-electron chi connectivity index (χ0n) is 81.0. The molecule has 146 heavy (non-hydrogen) atoms. The second-order valence-corrected chi connectivity index (χ2v) is 38.7. The summed E-state index contributed by atoms with van der Waals surface area (Å²) in [6, 6.07) is 174. The Hall–Kier alpha value is -18.2. The van der Waals surface area contributed by atoms with Crippen molar-refractivity contribution in [3.63, 3.8) is 0 Å². The van der Waals surface area contributed by atoms with Gasteiger partial charge >= 0.3 is 0 Å². The third-order valence-electron chi connectivity index (χ3n) is 30.1. The molecule has 2 aliphatic heterocycles. The van der Waals surface area contributed by atoms with Crippen LogP contribution in [0.2, 0.25) is 0 Å². The van der Waals surface area contributed by atoms with Crippen LogP contribution in [-0.4, -0.2) is 13.4 Å². The fraction of sp³-hybridized carbons (Fsp3) is 0.0290. The highest BCUT2D eigenvalue weighted by Gasteiger charge is 2.36. The van der Waals surface area contributed by atoms with E-state index < -0.39 is 0 Å². The SMILES string of the molecule is Cc1cc(C)c(B(c2cccc3ccccc23)c2cc3c4cccc5c4c(cc3c3ccccc23)-c2ccc(N(c3ccccc3)c3c(F)cc(-c4ccccc4)cc3-c3ccccc3)cc2O5)c(C)c1.Cc1ccccc1B(c1cccc2ccccc12)c1cc2c3cccc4c3c(cc2c2ccccc12)-c1ccc(N(c2ccccc2-c2ccccc2)c2c(F)cc(-c3ccccc3)cc2-c2ccccc2)cc1O4. The zero-order chi connectivity index (χ0) is 97.7. The number of benzene rings is 25. The molecule has 0 saturated carbocycles. The average Bonchev–Trinajstić information content (AvgIpc) is 0.711. The molecule has 25 aromatic rings. The summed E-state index contributed by atoms with van der Waals surface area (Å²) >= 11 is 0. The maximum Gasteiger partial charge on any atom is 0.243 e. The second kappa shape index (κ2) is 36.7. The maximum absolute atomic E-state index is 17.9. The van der Waals surface area contributed by atoms with Gasteiger partial charge in [-0.3, -0.25) is 0 Å². The lowest BCUT2D eigenvalue weighted by molar-refractivity contribution is 0.487. The van der Waals surface area contributed by atoms with Crippen LogP contribution in [0.15, 0.2) is 497 Å². The highest BCUT2D eigenvalue weighted by Crippen LogP contribution is 2.57. The molecule has 0 amide bonds. The van der Waals surface area contributed by atoms with Crippen molar-refractivity contribution >= 4 is 167 Å². The van der Waals surface area contributed by atoms with Crippen LogP contribution in [0.4, 0.5) is 42.9 Å². The minimum absolute atomic E-state index is 0.0356. The average molecular weight is 1870 g/mol. The molecule has 0 aromatic heterocycles. The molecule has 0 fully saturated rings. The van der Waals surface area contributed by atoms with E-state index in [2.05, 4.69) is 360 Å². The summed E-state index contributed by atoms with van der Waals surface area (Å²) in [6.07, 6.45) is 0. The minimum atomic E-state index is -0.338. The van der Waals surface area contributed by atoms with Crippen molar-refractivity contribution < 1.29 is 18.3 Å². The number of hydrogen-bond acceptors (Lipinski definition) is 4. The molecule has 2 heterocycles. The summed E-state index contributed by atoms with van der Waals surface area (Å²) in [5.74, 6) is 2.34. The smallest absolute Gasteiger partial charge is 0.243 e. The van der Waals surface area contributed by atoms with Crippen molar-refractivity contribution in [3.8, 4) is 101 Å². The van der Waals surface area contributed by atoms with Gasteiger partial charge in [-0.1, -0.05) is 449 Å². The molecular weight excluding hydrogens is 1780 g/mol. The van der Waals surface area contributed by atoms with Crippen LogP contribution in [0.25, 0.3) is 164 Å². The van der Waals surface area contributed by atoms with Gasteiger partial charge in [-0.2, -0.15) is 0 Å². The van der Waals surface area contributed by atoms with Crippen molar-refractivity contribution in [2.75, 3.05) is 9.80 Å². The first-order chi connectivity index (χ1) is 71.9. The summed E-state index contributed by atoms with van der Waals surface area (Å²) in [6.45, 7) is 8.90. The van der Waals surface area contributed by atoms with E-state index in [1.807, 2.05) is 163 Å². The van der Waals surface area contributed by atoms with Gasteiger partial charge in [0, 0.05) is 56.4 Å². The quantitative estimate of drug-likeness (QED) is 0.0670. The summed E-state index contributed by atoms with van der Waals surface area (Å²) < 4.78 is 49.5. The maximum atomic E-state index is 17.9. The van der Waals surface area contributed by atoms with E-state index in [4.69, 9.17) is 9.47 Å². The first-order valence-electron chi connectivity index (χ1n) is 50.2. The Morgan fingerprint density at radius 2 is 0.562 bits per heavy atom. The molecule has 27 rings (SSSR count). The van der Waals surface area contributed by atoms with E-state index in [1.165, 1.54) is 120 Å². The molecule has 0 bridgehead atoms. The number of halogens is 2. The zero-order valence-corrected chi connectivity index (χ0v) is 81.0. The number of para-hydroxylation sites is 2. The van der Waals surface area contributed by atoms with E-state index in [1.54, 1.807) is 12.1 Å². The fourth-order valence-electron chi connectivity index (χ4n) is 23.7. The Bertz CT molecular complexity index is 9500. The van der Waals surface area contributed by atoms with Crippen molar-refractivity contribution in [2.24, 2.45) is 0 Å². The Kier molecular flexibility index (Phi) is 22.1. The van der Waals surface area contributed by atoms with Crippen molar-refractivity contribution in [1.82, 2.24) is 0 Å². The van der Waals surface area contributed by atoms with Gasteiger partial charge in [-0.05, 0) is 244 Å².